The lowest BCUT2D eigenvalue weighted by Crippen LogP contribution is -2.26. The molecule has 0 bridgehead atoms. The highest BCUT2D eigenvalue weighted by Gasteiger charge is 2.40. The molecule has 1 aliphatic rings. The van der Waals surface area contributed by atoms with Crippen LogP contribution in [0.3, 0.4) is 0 Å². The van der Waals surface area contributed by atoms with Crippen molar-refractivity contribution in [2.75, 3.05) is 13.2 Å². The summed E-state index contributed by atoms with van der Waals surface area (Å²) in [5, 5.41) is 18.8. The molecule has 3 nitrogen and oxygen atoms in total. The third-order valence-corrected chi connectivity index (χ3v) is 3.95. The molecule has 0 spiro atoms. The molecule has 0 aromatic rings. The van der Waals surface area contributed by atoms with Crippen molar-refractivity contribution in [2.24, 2.45) is 11.3 Å². The molecule has 0 unspecified atom stereocenters. The predicted octanol–water partition coefficient (Wildman–Crippen LogP) is 2.07. The monoisotopic (exact) mass is 240 g/mol. The third kappa shape index (κ3) is 2.96. The van der Waals surface area contributed by atoms with Gasteiger partial charge in [0.1, 0.15) is 0 Å². The van der Waals surface area contributed by atoms with E-state index in [1.165, 1.54) is 0 Å². The van der Waals surface area contributed by atoms with Gasteiger partial charge in [-0.15, -0.1) is 0 Å². The van der Waals surface area contributed by atoms with Gasteiger partial charge in [0.05, 0.1) is 13.2 Å². The van der Waals surface area contributed by atoms with E-state index in [-0.39, 0.29) is 24.9 Å². The van der Waals surface area contributed by atoms with E-state index in [2.05, 4.69) is 6.92 Å². The van der Waals surface area contributed by atoms with Gasteiger partial charge in [-0.3, -0.25) is 4.79 Å². The van der Waals surface area contributed by atoms with E-state index in [0.717, 1.165) is 24.0 Å². The van der Waals surface area contributed by atoms with Crippen LogP contribution < -0.4 is 0 Å². The summed E-state index contributed by atoms with van der Waals surface area (Å²) in [6.07, 6.45) is 2.88. The third-order valence-electron chi connectivity index (χ3n) is 3.95. The normalized spacial score (nSPS) is 26.1. The number of Topliss-reactive ketones (excluding diaryl/α,β-unsaturated/α-hetero) is 1. The molecule has 0 radical (unpaired) electrons. The van der Waals surface area contributed by atoms with Crippen molar-refractivity contribution in [2.45, 2.75) is 46.5 Å². The largest absolute Gasteiger partial charge is 0.396 e. The van der Waals surface area contributed by atoms with Crippen LogP contribution in [0, 0.1) is 11.3 Å². The van der Waals surface area contributed by atoms with Crippen LogP contribution in [0.4, 0.5) is 0 Å². The topological polar surface area (TPSA) is 57.5 Å². The molecule has 0 aromatic heterocycles. The zero-order valence-corrected chi connectivity index (χ0v) is 11.1. The molecule has 17 heavy (non-hydrogen) atoms. The van der Waals surface area contributed by atoms with Crippen molar-refractivity contribution in [3.63, 3.8) is 0 Å². The molecule has 1 fully saturated rings. The molecule has 1 rings (SSSR count). The minimum atomic E-state index is -0.414. The van der Waals surface area contributed by atoms with E-state index in [4.69, 9.17) is 0 Å². The maximum atomic E-state index is 11.9. The zero-order valence-electron chi connectivity index (χ0n) is 11.1. The Morgan fingerprint density at radius 1 is 1.41 bits per heavy atom. The van der Waals surface area contributed by atoms with Crippen LogP contribution in [-0.4, -0.2) is 29.2 Å². The van der Waals surface area contributed by atoms with Crippen LogP contribution in [0.1, 0.15) is 46.5 Å². The van der Waals surface area contributed by atoms with E-state index in [0.29, 0.717) is 12.8 Å². The van der Waals surface area contributed by atoms with E-state index in [1.807, 2.05) is 13.8 Å². The van der Waals surface area contributed by atoms with E-state index in [1.54, 1.807) is 0 Å². The molecule has 98 valence electrons. The average molecular weight is 240 g/mol. The van der Waals surface area contributed by atoms with Crippen LogP contribution in [0.15, 0.2) is 11.1 Å². The molecule has 0 aromatic carbocycles. The molecular weight excluding hydrogens is 216 g/mol. The van der Waals surface area contributed by atoms with Gasteiger partial charge in [0.15, 0.2) is 5.78 Å². The second-order valence-corrected chi connectivity index (χ2v) is 5.42. The van der Waals surface area contributed by atoms with E-state index < -0.39 is 5.41 Å². The number of hydrogen-bond acceptors (Lipinski definition) is 3. The summed E-state index contributed by atoms with van der Waals surface area (Å²) in [4.78, 5) is 11.9. The highest BCUT2D eigenvalue weighted by molar-refractivity contribution is 5.95. The van der Waals surface area contributed by atoms with Crippen LogP contribution >= 0.6 is 0 Å². The molecule has 2 N–H and O–H groups in total. The molecule has 0 saturated heterocycles. The molecule has 1 saturated carbocycles. The second kappa shape index (κ2) is 5.78. The molecule has 0 aliphatic heterocycles. The van der Waals surface area contributed by atoms with Crippen LogP contribution in [0.2, 0.25) is 0 Å². The van der Waals surface area contributed by atoms with Crippen molar-refractivity contribution in [1.82, 2.24) is 0 Å². The Labute approximate surface area is 104 Å². The predicted molar refractivity (Wildman–Crippen MR) is 67.6 cm³/mol. The first-order valence-electron chi connectivity index (χ1n) is 6.44. The van der Waals surface area contributed by atoms with Gasteiger partial charge >= 0.3 is 0 Å². The van der Waals surface area contributed by atoms with Gasteiger partial charge in [0.25, 0.3) is 0 Å². The number of carbonyl (C=O) groups excluding carboxylic acids is 1. The van der Waals surface area contributed by atoms with Crippen LogP contribution in [0.5, 0.6) is 0 Å². The highest BCUT2D eigenvalue weighted by Crippen LogP contribution is 2.46. The maximum absolute atomic E-state index is 11.9. The molecule has 1 aliphatic carbocycles. The number of rotatable bonds is 5. The molecule has 0 amide bonds. The first kappa shape index (κ1) is 14.4. The summed E-state index contributed by atoms with van der Waals surface area (Å²) in [7, 11) is 0. The van der Waals surface area contributed by atoms with E-state index in [9.17, 15) is 15.0 Å². The Balaban J connectivity index is 2.92. The van der Waals surface area contributed by atoms with Crippen molar-refractivity contribution in [3.05, 3.63) is 11.1 Å². The van der Waals surface area contributed by atoms with Crippen LogP contribution in [0.25, 0.3) is 0 Å². The fourth-order valence-corrected chi connectivity index (χ4v) is 2.81. The number of hydrogen-bond donors (Lipinski definition) is 2. The Bertz CT molecular complexity index is 313. The van der Waals surface area contributed by atoms with E-state index >= 15 is 0 Å². The first-order valence-corrected chi connectivity index (χ1v) is 6.44. The minimum absolute atomic E-state index is 0.00735. The number of aliphatic hydroxyl groups excluding tert-OH is 2. The lowest BCUT2D eigenvalue weighted by Gasteiger charge is -2.23. The highest BCUT2D eigenvalue weighted by atomic mass is 16.3. The van der Waals surface area contributed by atoms with Crippen LogP contribution in [-0.2, 0) is 4.79 Å². The van der Waals surface area contributed by atoms with Crippen molar-refractivity contribution in [3.8, 4) is 0 Å². The summed E-state index contributed by atoms with van der Waals surface area (Å²) < 4.78 is 0. The molecule has 0 heterocycles. The summed E-state index contributed by atoms with van der Waals surface area (Å²) in [6, 6.07) is 0. The lowest BCUT2D eigenvalue weighted by atomic mass is 9.87. The standard InChI is InChI=1S/C14H24O3/c1-4-5-13(17)11(3)12-7-14(8-15,9-16)6-10(12)2/h10,15-16H,4-9H2,1-3H3/b12-11-/t10-/m0/s1. The Morgan fingerprint density at radius 3 is 2.41 bits per heavy atom. The summed E-state index contributed by atoms with van der Waals surface area (Å²) in [5.74, 6) is 0.496. The van der Waals surface area contributed by atoms with Crippen molar-refractivity contribution < 1.29 is 15.0 Å². The minimum Gasteiger partial charge on any atom is -0.396 e. The smallest absolute Gasteiger partial charge is 0.158 e. The van der Waals surface area contributed by atoms with Gasteiger partial charge in [-0.05, 0) is 37.7 Å². The molecule has 3 heteroatoms. The Hall–Kier alpha value is -0.670. The number of allylic oxidation sites excluding steroid dienone is 2. The Kier molecular flexibility index (Phi) is 4.90. The van der Waals surface area contributed by atoms with Gasteiger partial charge in [-0.1, -0.05) is 19.4 Å². The summed E-state index contributed by atoms with van der Waals surface area (Å²) >= 11 is 0. The maximum Gasteiger partial charge on any atom is 0.158 e. The average Bonchev–Trinajstić information content (AvgIpc) is 2.66. The number of carbonyl (C=O) groups is 1. The number of ketones is 1. The molecular formula is C14H24O3. The fraction of sp³-hybridized carbons (Fsp3) is 0.786. The fourth-order valence-electron chi connectivity index (χ4n) is 2.81. The first-order chi connectivity index (χ1) is 7.99. The zero-order chi connectivity index (χ0) is 13.1. The Morgan fingerprint density at radius 2 is 2.00 bits per heavy atom. The van der Waals surface area contributed by atoms with Crippen molar-refractivity contribution >= 4 is 5.78 Å². The van der Waals surface area contributed by atoms with Gasteiger partial charge < -0.3 is 10.2 Å². The van der Waals surface area contributed by atoms with Gasteiger partial charge in [0, 0.05) is 11.8 Å². The second-order valence-electron chi connectivity index (χ2n) is 5.42. The van der Waals surface area contributed by atoms with Crippen molar-refractivity contribution in [1.29, 1.82) is 0 Å². The molecule has 1 atom stereocenters. The number of aliphatic hydroxyl groups is 2. The lowest BCUT2D eigenvalue weighted by molar-refractivity contribution is -0.115. The summed E-state index contributed by atoms with van der Waals surface area (Å²) in [6.45, 7) is 5.94. The SMILES string of the molecule is CCCC(=O)/C(C)=C1/CC(CO)(CO)C[C@@H]1C. The van der Waals surface area contributed by atoms with Gasteiger partial charge in [-0.25, -0.2) is 0 Å². The van der Waals surface area contributed by atoms with Gasteiger partial charge in [-0.2, -0.15) is 0 Å². The summed E-state index contributed by atoms with van der Waals surface area (Å²) in [5.41, 5.74) is 1.57. The van der Waals surface area contributed by atoms with Gasteiger partial charge in [0.2, 0.25) is 0 Å². The quantitative estimate of drug-likeness (QED) is 0.723.